The van der Waals surface area contributed by atoms with Gasteiger partial charge >= 0.3 is 30.0 Å². The fourth-order valence-corrected chi connectivity index (χ4v) is 14.9. The van der Waals surface area contributed by atoms with Crippen LogP contribution in [0.25, 0.3) is 0 Å². The maximum absolute atomic E-state index is 15.0. The lowest BCUT2D eigenvalue weighted by Gasteiger charge is -2.35. The molecule has 0 saturated carbocycles. The number of nitrogens with one attached hydrogen (secondary N) is 3. The summed E-state index contributed by atoms with van der Waals surface area (Å²) in [7, 11) is 5.83. The molecule has 0 heterocycles. The van der Waals surface area contributed by atoms with Crippen LogP contribution in [0.1, 0.15) is 149 Å². The Hall–Kier alpha value is -12.4. The van der Waals surface area contributed by atoms with E-state index < -0.39 is 172 Å². The Morgan fingerprint density at radius 1 is 0.412 bits per heavy atom. The van der Waals surface area contributed by atoms with Crippen molar-refractivity contribution in [3.05, 3.63) is 284 Å². The Kier molecular flexibility index (Phi) is 46.1. The summed E-state index contributed by atoms with van der Waals surface area (Å²) in [5.41, 5.74) is 2.63. The van der Waals surface area contributed by atoms with Crippen LogP contribution in [0.5, 0.6) is 34.5 Å². The summed E-state index contributed by atoms with van der Waals surface area (Å²) >= 11 is 0. The molecule has 24 nitrogen and oxygen atoms in total. The van der Waals surface area contributed by atoms with E-state index in [1.54, 1.807) is 111 Å². The van der Waals surface area contributed by atoms with E-state index in [4.69, 9.17) is 48.4 Å². The van der Waals surface area contributed by atoms with Crippen molar-refractivity contribution in [1.82, 2.24) is 25.2 Å². The zero-order valence-corrected chi connectivity index (χ0v) is 81.0. The Balaban J connectivity index is 0.000000315. The van der Waals surface area contributed by atoms with Crippen LogP contribution in [0.15, 0.2) is 199 Å². The molecule has 740 valence electrons. The van der Waals surface area contributed by atoms with Crippen LogP contribution in [-0.4, -0.2) is 166 Å². The number of nitrogens with two attached hydrogens (primary N) is 1. The van der Waals surface area contributed by atoms with E-state index >= 15 is 4.39 Å². The molecule has 9 rings (SSSR count). The molecule has 9 aromatic carbocycles. The number of urea groups is 2. The van der Waals surface area contributed by atoms with Gasteiger partial charge in [0.15, 0.2) is 0 Å². The van der Waals surface area contributed by atoms with Gasteiger partial charge in [-0.05, 0) is 154 Å². The molecule has 4 amide bonds. The molecule has 0 aliphatic carbocycles. The van der Waals surface area contributed by atoms with Gasteiger partial charge in [0.1, 0.15) is 125 Å². The number of amides is 4. The number of ether oxygens (including phenoxy) is 9. The van der Waals surface area contributed by atoms with Crippen molar-refractivity contribution in [3.8, 4) is 34.5 Å². The van der Waals surface area contributed by atoms with Crippen LogP contribution in [0.4, 0.5) is 53.5 Å². The highest BCUT2D eigenvalue weighted by atomic mass is 32.2. The molecule has 0 fully saturated rings. The molecule has 0 bridgehead atoms. The second-order valence-corrected chi connectivity index (χ2v) is 36.6. The number of halogens is 10. The highest BCUT2D eigenvalue weighted by Crippen LogP contribution is 2.37. The largest absolute Gasteiger partial charge is 0.497 e. The minimum atomic E-state index is -2.02. The van der Waals surface area contributed by atoms with Crippen molar-refractivity contribution in [2.45, 2.75) is 160 Å². The molecule has 0 aliphatic rings. The van der Waals surface area contributed by atoms with Gasteiger partial charge in [-0.25, -0.2) is 66.6 Å². The van der Waals surface area contributed by atoms with E-state index in [0.29, 0.717) is 63.0 Å². The topological polar surface area (TPSA) is 301 Å². The third-order valence-corrected chi connectivity index (χ3v) is 23.8. The quantitative estimate of drug-likeness (QED) is 0.00912. The van der Waals surface area contributed by atoms with E-state index in [1.807, 2.05) is 50.2 Å². The number of methoxy groups -OCH3 is 6. The number of alkyl halides is 5. The zero-order valence-electron chi connectivity index (χ0n) is 79.3. The first-order valence-electron chi connectivity index (χ1n) is 42.8. The van der Waals surface area contributed by atoms with Gasteiger partial charge in [-0.3, -0.25) is 14.4 Å². The average molecular weight is 1950 g/mol. The van der Waals surface area contributed by atoms with E-state index in [0.717, 1.165) is 23.3 Å². The third-order valence-electron chi connectivity index (χ3n) is 20.7. The number of rotatable bonds is 40. The van der Waals surface area contributed by atoms with Crippen LogP contribution in [0.3, 0.4) is 0 Å². The Morgan fingerprint density at radius 3 is 1.07 bits per heavy atom. The summed E-state index contributed by atoms with van der Waals surface area (Å²) in [6.07, 6.45) is -1.45. The van der Waals surface area contributed by atoms with Crippen LogP contribution < -0.4 is 49.5 Å². The molecule has 5 N–H and O–H groups in total. The summed E-state index contributed by atoms with van der Waals surface area (Å²) in [5.74, 6) is -2.25. The van der Waals surface area contributed by atoms with Crippen LogP contribution >= 0.6 is 0 Å². The Labute approximate surface area is 793 Å². The van der Waals surface area contributed by atoms with Crippen molar-refractivity contribution in [2.24, 2.45) is 10.1 Å². The van der Waals surface area contributed by atoms with Crippen molar-refractivity contribution >= 4 is 63.9 Å². The predicted molar refractivity (Wildman–Crippen MR) is 503 cm³/mol. The fraction of sp³-hybridized carbons (Fsp3) is 0.390. The number of hydrogen-bond acceptors (Lipinski definition) is 18. The van der Waals surface area contributed by atoms with Crippen LogP contribution in [0.2, 0.25) is 0 Å². The van der Waals surface area contributed by atoms with Crippen molar-refractivity contribution < 1.29 is 124 Å². The number of nitrogens with zero attached hydrogens (tertiary/aromatic N) is 3. The number of carbonyl (C=O) groups excluding carboxylic acids is 6. The monoisotopic (exact) mass is 1950 g/mol. The SMILES string of the molecule is CC(C)(C)[S@@](=O)N=C(CF)c1ccccc1F.CCOC(=O)C[C@@](N)(CF)c1ccccc1F.CCOC(=O)C[C@](CF)(NC(=O)N(Cc1ccc(C)cc1OC)Cc1ccc(OC)cc1OC)c1ccccc1F.CCOC(=O)C[C@](CF)(N[S@](=O)C(C)(C)C)c1ccccc1F.COc1ccc(CN(Cc2ccc(C)cc2OC)C(=O)N[C@@](CF)(CC=O)c2ccccc2F)c(OC)c1. The Morgan fingerprint density at radius 2 is 0.743 bits per heavy atom. The summed E-state index contributed by atoms with van der Waals surface area (Å²) < 4.78 is 217. The molecule has 9 aromatic rings. The molecule has 36 heteroatoms. The van der Waals surface area contributed by atoms with E-state index in [2.05, 4.69) is 19.8 Å². The molecule has 136 heavy (non-hydrogen) atoms. The van der Waals surface area contributed by atoms with Gasteiger partial charge in [-0.1, -0.05) is 115 Å². The third kappa shape index (κ3) is 33.0. The lowest BCUT2D eigenvalue weighted by Crippen LogP contribution is -2.54. The highest BCUT2D eigenvalue weighted by molar-refractivity contribution is 7.85. The smallest absolute Gasteiger partial charge is 0.318 e. The van der Waals surface area contributed by atoms with Gasteiger partial charge < -0.3 is 73.6 Å². The van der Waals surface area contributed by atoms with Gasteiger partial charge in [0, 0.05) is 68.6 Å². The van der Waals surface area contributed by atoms with Crippen LogP contribution in [0, 0.1) is 42.9 Å². The first-order chi connectivity index (χ1) is 64.5. The maximum atomic E-state index is 15.0. The minimum absolute atomic E-state index is 0.0180. The highest BCUT2D eigenvalue weighted by Gasteiger charge is 2.44. The molecule has 0 aliphatic heterocycles. The number of hydrogen-bond donors (Lipinski definition) is 4. The van der Waals surface area contributed by atoms with E-state index in [9.17, 15) is 76.7 Å². The average Bonchev–Trinajstić information content (AvgIpc) is 0.794. The minimum Gasteiger partial charge on any atom is -0.497 e. The van der Waals surface area contributed by atoms with Crippen molar-refractivity contribution in [3.63, 3.8) is 0 Å². The number of benzene rings is 9. The second kappa shape index (κ2) is 55.0. The standard InChI is InChI=1S/C31H36F2N2O6.C29H32F2N2O5.C16H23F2NO3S.C12H15F2NO2.C12H15F2NOS/c1-6-41-29(36)17-31(20-32,25-9-7-8-10-26(25)33)34-30(37)35(18-22-12-11-21(2)15-27(22)39-4)19-23-13-14-24(38-3)16-28(23)40-5;1-20-9-10-21(26(15-20)37-3)17-33(18-22-11-12-23(36-2)16-27(22)38-4)28(35)32-29(19-30,13-14-34)24-7-5-6-8-25(24)31;1-5-22-14(20)10-16(11-17,19-23(21)15(2,3)4)12-8-6-7-9-13(12)18;1-2-17-11(16)7-12(15,8-13)9-5-3-4-6-10(9)14;1-12(2,3)17(16)15-11(8-13)9-6-4-5-7-10(9)14/h7-16H,6,17-20H2,1-5H3,(H,34,37);5-12,14-16H,13,17-19H2,1-4H3,(H,32,35);6-9,19H,5,10-11H2,1-4H3;3-6H,2,7-8,15H2,1H3;4-7H,8H2,1-3H3/t31-;29-;16-,23-;12-;17-/m11111/s1. The number of carbonyl (C=O) groups is 6. The predicted octanol–water partition coefficient (Wildman–Crippen LogP) is 19.0. The zero-order chi connectivity index (χ0) is 101. The first kappa shape index (κ1) is 114. The number of aldehydes is 1. The molecular weight excluding hydrogens is 1830 g/mol. The van der Waals surface area contributed by atoms with Gasteiger partial charge in [0.05, 0.1) is 145 Å². The summed E-state index contributed by atoms with van der Waals surface area (Å²) in [4.78, 5) is 77.9. The maximum Gasteiger partial charge on any atom is 0.318 e. The molecule has 0 saturated heterocycles. The lowest BCUT2D eigenvalue weighted by molar-refractivity contribution is -0.146. The molecular formula is C100H121F10N7O17S2. The molecule has 6 atom stereocenters. The summed E-state index contributed by atoms with van der Waals surface area (Å²) in [5, 5.41) is 5.26. The van der Waals surface area contributed by atoms with Gasteiger partial charge in [0.2, 0.25) is 0 Å². The molecule has 0 unspecified atom stereocenters. The fourth-order valence-electron chi connectivity index (χ4n) is 13.4. The summed E-state index contributed by atoms with van der Waals surface area (Å²) in [6, 6.07) is 47.8. The van der Waals surface area contributed by atoms with Crippen molar-refractivity contribution in [1.29, 1.82) is 0 Å². The van der Waals surface area contributed by atoms with Gasteiger partial charge in [-0.2, -0.15) is 4.40 Å². The Bertz CT molecular complexity index is 5500. The summed E-state index contributed by atoms with van der Waals surface area (Å²) in [6.45, 7) is 14.0. The van der Waals surface area contributed by atoms with Gasteiger partial charge in [-0.15, -0.1) is 0 Å². The molecule has 0 spiro atoms. The molecule has 0 radical (unpaired) electrons. The van der Waals surface area contributed by atoms with Crippen LogP contribution in [-0.2, 0) is 104 Å². The van der Waals surface area contributed by atoms with Gasteiger partial charge in [0.25, 0.3) is 0 Å². The molecule has 0 aromatic heterocycles. The lowest BCUT2D eigenvalue weighted by atomic mass is 9.87. The first-order valence-corrected chi connectivity index (χ1v) is 45.1. The second-order valence-electron chi connectivity index (χ2n) is 32.7. The number of esters is 3. The van der Waals surface area contributed by atoms with Crippen molar-refractivity contribution in [2.75, 3.05) is 95.9 Å². The van der Waals surface area contributed by atoms with E-state index in [-0.39, 0.29) is 79.5 Å². The van der Waals surface area contributed by atoms with E-state index in [1.165, 1.54) is 150 Å². The number of aryl methyl sites for hydroxylation is 2. The normalized spacial score (nSPS) is 13.4.